The van der Waals surface area contributed by atoms with Crippen molar-refractivity contribution in [1.29, 1.82) is 0 Å². The van der Waals surface area contributed by atoms with Gasteiger partial charge >= 0.3 is 0 Å². The summed E-state index contributed by atoms with van der Waals surface area (Å²) in [5.74, 6) is 1.21. The highest BCUT2D eigenvalue weighted by molar-refractivity contribution is 7.89. The summed E-state index contributed by atoms with van der Waals surface area (Å²) in [7, 11) is -0.755. The fourth-order valence-corrected chi connectivity index (χ4v) is 4.81. The van der Waals surface area contributed by atoms with Crippen LogP contribution in [-0.4, -0.2) is 49.5 Å². The molecule has 1 aromatic heterocycles. The van der Waals surface area contributed by atoms with E-state index in [4.69, 9.17) is 9.26 Å². The number of benzene rings is 2. The normalized spacial score (nSPS) is 13.4. The first-order valence-electron chi connectivity index (χ1n) is 10.2. The highest BCUT2D eigenvalue weighted by Crippen LogP contribution is 2.31. The lowest BCUT2D eigenvalue weighted by molar-refractivity contribution is -0.118. The Hall–Kier alpha value is -3.24. The van der Waals surface area contributed by atoms with Crippen LogP contribution in [0.15, 0.2) is 51.9 Å². The number of carbonyl (C=O) groups excluding carboxylic acids is 1. The van der Waals surface area contributed by atoms with Crippen molar-refractivity contribution in [2.75, 3.05) is 25.6 Å². The minimum atomic E-state index is -3.79. The van der Waals surface area contributed by atoms with Gasteiger partial charge in [-0.3, -0.25) is 4.79 Å². The first kappa shape index (κ1) is 22.0. The van der Waals surface area contributed by atoms with Crippen molar-refractivity contribution in [3.05, 3.63) is 53.9 Å². The van der Waals surface area contributed by atoms with Crippen molar-refractivity contribution < 1.29 is 22.5 Å². The topological polar surface area (TPSA) is 106 Å². The molecule has 0 spiro atoms. The zero-order valence-electron chi connectivity index (χ0n) is 18.1. The number of anilines is 1. The van der Waals surface area contributed by atoms with E-state index in [0.717, 1.165) is 11.3 Å². The molecule has 2 aromatic carbocycles. The van der Waals surface area contributed by atoms with Crippen molar-refractivity contribution in [2.24, 2.45) is 0 Å². The first-order valence-corrected chi connectivity index (χ1v) is 11.6. The molecule has 9 nitrogen and oxygen atoms in total. The Morgan fingerprint density at radius 3 is 2.81 bits per heavy atom. The van der Waals surface area contributed by atoms with Gasteiger partial charge in [0.05, 0.1) is 18.6 Å². The van der Waals surface area contributed by atoms with Crippen molar-refractivity contribution >= 4 is 21.6 Å². The molecule has 4 rings (SSSR count). The van der Waals surface area contributed by atoms with Crippen LogP contribution < -0.4 is 9.64 Å². The van der Waals surface area contributed by atoms with Crippen molar-refractivity contribution in [3.8, 4) is 17.1 Å². The van der Waals surface area contributed by atoms with E-state index >= 15 is 0 Å². The zero-order chi connectivity index (χ0) is 22.9. The smallest absolute Gasteiger partial charge is 0.243 e. The minimum absolute atomic E-state index is 0.0275. The lowest BCUT2D eigenvalue weighted by Gasteiger charge is -2.18. The van der Waals surface area contributed by atoms with Crippen LogP contribution in [0.25, 0.3) is 11.4 Å². The number of carbonyl (C=O) groups is 1. The summed E-state index contributed by atoms with van der Waals surface area (Å²) in [5.41, 5.74) is 2.33. The van der Waals surface area contributed by atoms with Gasteiger partial charge in [0, 0.05) is 31.3 Å². The molecule has 0 saturated carbocycles. The third-order valence-electron chi connectivity index (χ3n) is 5.41. The largest absolute Gasteiger partial charge is 0.497 e. The molecule has 168 valence electrons. The summed E-state index contributed by atoms with van der Waals surface area (Å²) in [4.78, 5) is 18.3. The maximum atomic E-state index is 13.1. The van der Waals surface area contributed by atoms with Crippen LogP contribution >= 0.6 is 0 Å². The Bertz CT molecular complexity index is 1250. The summed E-state index contributed by atoms with van der Waals surface area (Å²) in [6.07, 6.45) is 1.03. The molecule has 0 unspecified atom stereocenters. The number of fused-ring (bicyclic) bond motifs is 1. The maximum absolute atomic E-state index is 13.1. The summed E-state index contributed by atoms with van der Waals surface area (Å²) in [5, 5.41) is 3.95. The molecule has 0 atom stereocenters. The average molecular weight is 457 g/mol. The molecular weight excluding hydrogens is 432 g/mol. The lowest BCUT2D eigenvalue weighted by atomic mass is 10.2. The monoisotopic (exact) mass is 456 g/mol. The van der Waals surface area contributed by atoms with Crippen LogP contribution in [0.4, 0.5) is 5.69 Å². The van der Waals surface area contributed by atoms with Gasteiger partial charge in [0.2, 0.25) is 27.6 Å². The number of nitrogens with zero attached hydrogens (tertiary/aromatic N) is 4. The molecular formula is C22H24N4O5S. The van der Waals surface area contributed by atoms with Crippen LogP contribution in [0.5, 0.6) is 5.75 Å². The molecule has 3 aromatic rings. The molecule has 0 N–H and O–H groups in total. The second-order valence-corrected chi connectivity index (χ2v) is 9.49. The number of rotatable bonds is 7. The van der Waals surface area contributed by atoms with Crippen LogP contribution in [0.1, 0.15) is 24.8 Å². The van der Waals surface area contributed by atoms with Gasteiger partial charge in [-0.1, -0.05) is 24.2 Å². The Morgan fingerprint density at radius 1 is 1.25 bits per heavy atom. The number of amides is 1. The summed E-state index contributed by atoms with van der Waals surface area (Å²) in [6.45, 7) is 2.30. The first-order chi connectivity index (χ1) is 15.3. The third kappa shape index (κ3) is 4.11. The van der Waals surface area contributed by atoms with Crippen molar-refractivity contribution in [1.82, 2.24) is 14.4 Å². The fraction of sp³-hybridized carbons (Fsp3) is 0.318. The van der Waals surface area contributed by atoms with E-state index in [1.807, 2.05) is 19.1 Å². The minimum Gasteiger partial charge on any atom is -0.497 e. The number of hydrogen-bond donors (Lipinski definition) is 0. The molecule has 0 aliphatic carbocycles. The molecule has 32 heavy (non-hydrogen) atoms. The summed E-state index contributed by atoms with van der Waals surface area (Å²) >= 11 is 0. The van der Waals surface area contributed by atoms with E-state index in [1.54, 1.807) is 36.3 Å². The van der Waals surface area contributed by atoms with Crippen LogP contribution in [-0.2, 0) is 27.8 Å². The molecule has 2 heterocycles. The molecule has 0 radical (unpaired) electrons. The average Bonchev–Trinajstić information content (AvgIpc) is 3.45. The van der Waals surface area contributed by atoms with Gasteiger partial charge in [0.15, 0.2) is 0 Å². The van der Waals surface area contributed by atoms with Gasteiger partial charge in [0.1, 0.15) is 5.75 Å². The SMILES string of the molecule is CCC(=O)N1CCc2cc(S(=O)(=O)N(C)Cc3nc(-c4cccc(OC)c4)no3)ccc21. The van der Waals surface area contributed by atoms with Crippen molar-refractivity contribution in [3.63, 3.8) is 0 Å². The van der Waals surface area contributed by atoms with Crippen LogP contribution in [0, 0.1) is 0 Å². The van der Waals surface area contributed by atoms with Gasteiger partial charge in [-0.15, -0.1) is 0 Å². The number of hydrogen-bond acceptors (Lipinski definition) is 7. The van der Waals surface area contributed by atoms with Gasteiger partial charge in [-0.25, -0.2) is 8.42 Å². The second-order valence-electron chi connectivity index (χ2n) is 7.44. The van der Waals surface area contributed by atoms with Gasteiger partial charge in [-0.2, -0.15) is 9.29 Å². The Kier molecular flexibility index (Phi) is 5.98. The molecule has 1 aliphatic heterocycles. The Labute approximate surface area is 186 Å². The molecule has 0 fully saturated rings. The highest BCUT2D eigenvalue weighted by atomic mass is 32.2. The third-order valence-corrected chi connectivity index (χ3v) is 7.21. The van der Waals surface area contributed by atoms with E-state index in [9.17, 15) is 13.2 Å². The van der Waals surface area contributed by atoms with E-state index in [-0.39, 0.29) is 23.2 Å². The highest BCUT2D eigenvalue weighted by Gasteiger charge is 2.28. The van der Waals surface area contributed by atoms with E-state index < -0.39 is 10.0 Å². The van der Waals surface area contributed by atoms with E-state index in [2.05, 4.69) is 10.1 Å². The van der Waals surface area contributed by atoms with Crippen LogP contribution in [0.2, 0.25) is 0 Å². The lowest BCUT2D eigenvalue weighted by Crippen LogP contribution is -2.28. The van der Waals surface area contributed by atoms with Crippen LogP contribution in [0.3, 0.4) is 0 Å². The van der Waals surface area contributed by atoms with E-state index in [0.29, 0.717) is 36.5 Å². The molecule has 0 saturated heterocycles. The van der Waals surface area contributed by atoms with Gasteiger partial charge in [0.25, 0.3) is 0 Å². The molecule has 0 bridgehead atoms. The number of methoxy groups -OCH3 is 1. The van der Waals surface area contributed by atoms with Gasteiger partial charge < -0.3 is 14.2 Å². The van der Waals surface area contributed by atoms with Crippen molar-refractivity contribution in [2.45, 2.75) is 31.2 Å². The predicted molar refractivity (Wildman–Crippen MR) is 118 cm³/mol. The second kappa shape index (κ2) is 8.71. The Morgan fingerprint density at radius 2 is 2.06 bits per heavy atom. The number of sulfonamides is 1. The van der Waals surface area contributed by atoms with Gasteiger partial charge in [-0.05, 0) is 42.3 Å². The number of aromatic nitrogens is 2. The summed E-state index contributed by atoms with van der Waals surface area (Å²) in [6, 6.07) is 12.1. The molecule has 1 amide bonds. The Balaban J connectivity index is 1.52. The molecule has 1 aliphatic rings. The predicted octanol–water partition coefficient (Wildman–Crippen LogP) is 2.87. The fourth-order valence-electron chi connectivity index (χ4n) is 3.64. The summed E-state index contributed by atoms with van der Waals surface area (Å²) < 4.78 is 37.9. The maximum Gasteiger partial charge on any atom is 0.243 e. The molecule has 10 heteroatoms. The quantitative estimate of drug-likeness (QED) is 0.538. The zero-order valence-corrected chi connectivity index (χ0v) is 18.9. The standard InChI is InChI=1S/C22H24N4O5S/c1-4-21(27)26-11-10-15-13-18(8-9-19(15)26)32(28,29)25(2)14-20-23-22(24-31-20)16-6-5-7-17(12-16)30-3/h5-9,12-13H,4,10-11,14H2,1-3H3. The van der Waals surface area contributed by atoms with E-state index in [1.165, 1.54) is 17.4 Å². The number of ether oxygens (including phenoxy) is 1.